The molecule has 1 aliphatic heterocycles. The molecule has 3 heterocycles. The number of para-hydroxylation sites is 2. The Kier molecular flexibility index (Phi) is 5.59. The fourth-order valence-electron chi connectivity index (χ4n) is 8.79. The molecule has 2 aliphatic rings. The molecule has 3 heteroatoms. The normalized spacial score (nSPS) is 13.4. The average Bonchev–Trinajstić information content (AvgIpc) is 3.69. The first kappa shape index (κ1) is 27.4. The highest BCUT2D eigenvalue weighted by Gasteiger charge is 2.50. The first-order chi connectivity index (χ1) is 24.8. The molecule has 9 aromatic rings. The van der Waals surface area contributed by atoms with Gasteiger partial charge in [-0.1, -0.05) is 152 Å². The molecule has 1 spiro atoms. The van der Waals surface area contributed by atoms with Crippen molar-refractivity contribution in [3.8, 4) is 50.7 Å². The van der Waals surface area contributed by atoms with Gasteiger partial charge in [0.1, 0.15) is 0 Å². The van der Waals surface area contributed by atoms with E-state index in [0.717, 1.165) is 33.9 Å². The lowest BCUT2D eigenvalue weighted by Gasteiger charge is -2.39. The molecule has 232 valence electrons. The smallest absolute Gasteiger partial charge is 0.160 e. The van der Waals surface area contributed by atoms with Gasteiger partial charge < -0.3 is 4.57 Å². The summed E-state index contributed by atoms with van der Waals surface area (Å²) < 4.78 is 2.50. The Hall–Kier alpha value is -6.58. The van der Waals surface area contributed by atoms with E-state index in [0.29, 0.717) is 0 Å². The molecule has 3 nitrogen and oxygen atoms in total. The van der Waals surface area contributed by atoms with Gasteiger partial charge in [0.05, 0.1) is 33.5 Å². The summed E-state index contributed by atoms with van der Waals surface area (Å²) in [6.07, 6.45) is 0. The third-order valence-electron chi connectivity index (χ3n) is 10.8. The van der Waals surface area contributed by atoms with Crippen LogP contribution in [0.4, 0.5) is 0 Å². The lowest BCUT2D eigenvalue weighted by Crippen LogP contribution is -2.33. The van der Waals surface area contributed by atoms with Crippen LogP contribution in [-0.2, 0) is 5.41 Å². The molecule has 1 aliphatic carbocycles. The topological polar surface area (TPSA) is 30.7 Å². The summed E-state index contributed by atoms with van der Waals surface area (Å²) in [6.45, 7) is 0. The Morgan fingerprint density at radius 1 is 0.400 bits per heavy atom. The van der Waals surface area contributed by atoms with Crippen LogP contribution in [0.3, 0.4) is 0 Å². The summed E-state index contributed by atoms with van der Waals surface area (Å²) >= 11 is 0. The van der Waals surface area contributed by atoms with Crippen molar-refractivity contribution in [3.63, 3.8) is 0 Å². The largest absolute Gasteiger partial charge is 0.309 e. The van der Waals surface area contributed by atoms with Gasteiger partial charge in [-0.2, -0.15) is 0 Å². The molecule has 0 unspecified atom stereocenters. The molecule has 50 heavy (non-hydrogen) atoms. The van der Waals surface area contributed by atoms with Crippen molar-refractivity contribution in [2.75, 3.05) is 0 Å². The summed E-state index contributed by atoms with van der Waals surface area (Å²) in [7, 11) is 0. The maximum Gasteiger partial charge on any atom is 0.160 e. The van der Waals surface area contributed by atoms with Gasteiger partial charge in [0.2, 0.25) is 0 Å². The second-order valence-corrected chi connectivity index (χ2v) is 13.3. The molecule has 11 rings (SSSR count). The molecule has 0 fully saturated rings. The van der Waals surface area contributed by atoms with E-state index >= 15 is 0 Å². The summed E-state index contributed by atoms with van der Waals surface area (Å²) in [5, 5.41) is 2.55. The predicted molar refractivity (Wildman–Crippen MR) is 204 cm³/mol. The van der Waals surface area contributed by atoms with Crippen molar-refractivity contribution in [1.82, 2.24) is 14.5 Å². The number of rotatable bonds is 3. The Bertz CT molecular complexity index is 2710. The van der Waals surface area contributed by atoms with E-state index in [9.17, 15) is 0 Å². The Morgan fingerprint density at radius 3 is 1.72 bits per heavy atom. The van der Waals surface area contributed by atoms with Crippen LogP contribution in [0, 0.1) is 0 Å². The quantitative estimate of drug-likeness (QED) is 0.193. The zero-order valence-corrected chi connectivity index (χ0v) is 27.1. The molecule has 7 aromatic carbocycles. The monoisotopic (exact) mass is 635 g/mol. The van der Waals surface area contributed by atoms with E-state index in [1.54, 1.807) is 0 Å². The average molecular weight is 636 g/mol. The van der Waals surface area contributed by atoms with Gasteiger partial charge >= 0.3 is 0 Å². The molecule has 0 atom stereocenters. The minimum absolute atomic E-state index is 0.514. The summed E-state index contributed by atoms with van der Waals surface area (Å²) in [4.78, 5) is 10.3. The van der Waals surface area contributed by atoms with Crippen LogP contribution >= 0.6 is 0 Å². The van der Waals surface area contributed by atoms with Crippen LogP contribution in [-0.4, -0.2) is 14.5 Å². The summed E-state index contributed by atoms with van der Waals surface area (Å²) in [5.41, 5.74) is 15.9. The number of nitrogens with zero attached hydrogens (tertiary/aromatic N) is 3. The van der Waals surface area contributed by atoms with Crippen LogP contribution in [0.1, 0.15) is 22.3 Å². The lowest BCUT2D eigenvalue weighted by atomic mass is 9.65. The minimum Gasteiger partial charge on any atom is -0.309 e. The second-order valence-electron chi connectivity index (χ2n) is 13.3. The number of aromatic nitrogens is 3. The molecule has 0 amide bonds. The zero-order chi connectivity index (χ0) is 32.8. The van der Waals surface area contributed by atoms with Crippen LogP contribution < -0.4 is 0 Å². The van der Waals surface area contributed by atoms with Crippen molar-refractivity contribution in [3.05, 3.63) is 198 Å². The van der Waals surface area contributed by atoms with E-state index in [2.05, 4.69) is 156 Å². The van der Waals surface area contributed by atoms with Gasteiger partial charge in [-0.05, 0) is 57.6 Å². The zero-order valence-electron chi connectivity index (χ0n) is 27.1. The fraction of sp³-hybridized carbons (Fsp3) is 0.0213. The highest BCUT2D eigenvalue weighted by Crippen LogP contribution is 2.61. The SMILES string of the molecule is c1ccc(-c2cc(-c3ccc4c(c3)C3(c5ccccc5-c5ccccc53)c3cccc5c6ccccc6n-4c35)nc(-c3ccccc3)n2)cc1. The maximum atomic E-state index is 5.26. The third-order valence-corrected chi connectivity index (χ3v) is 10.8. The maximum absolute atomic E-state index is 5.26. The number of fused-ring (bicyclic) bond motifs is 12. The van der Waals surface area contributed by atoms with Crippen molar-refractivity contribution >= 4 is 21.8 Å². The minimum atomic E-state index is -0.514. The van der Waals surface area contributed by atoms with E-state index in [4.69, 9.17) is 9.97 Å². The molecule has 0 radical (unpaired) electrons. The molecular formula is C47H29N3. The highest BCUT2D eigenvalue weighted by molar-refractivity contribution is 6.13. The fourth-order valence-corrected chi connectivity index (χ4v) is 8.79. The van der Waals surface area contributed by atoms with E-state index < -0.39 is 5.41 Å². The van der Waals surface area contributed by atoms with Gasteiger partial charge in [-0.25, -0.2) is 9.97 Å². The Balaban J connectivity index is 1.27. The first-order valence-electron chi connectivity index (χ1n) is 17.2. The molecule has 2 aromatic heterocycles. The van der Waals surface area contributed by atoms with Crippen molar-refractivity contribution < 1.29 is 0 Å². The Morgan fingerprint density at radius 2 is 0.980 bits per heavy atom. The predicted octanol–water partition coefficient (Wildman–Crippen LogP) is 11.3. The van der Waals surface area contributed by atoms with Crippen molar-refractivity contribution in [2.24, 2.45) is 0 Å². The van der Waals surface area contributed by atoms with Crippen LogP contribution in [0.15, 0.2) is 176 Å². The van der Waals surface area contributed by atoms with Crippen LogP contribution in [0.25, 0.3) is 72.5 Å². The first-order valence-corrected chi connectivity index (χ1v) is 17.2. The van der Waals surface area contributed by atoms with Gasteiger partial charge in [0.15, 0.2) is 5.82 Å². The molecule has 0 bridgehead atoms. The molecular weight excluding hydrogens is 607 g/mol. The number of benzene rings is 7. The molecule has 0 saturated heterocycles. The second kappa shape index (κ2) is 10.2. The third kappa shape index (κ3) is 3.58. The standard InChI is InChI=1S/C47H29N3/c1-3-14-30(15-4-1)41-29-42(49-46(48-41)31-16-5-2-6-17-31)32-26-27-44-40(28-32)47(37-22-10-7-18-33(37)34-19-8-11-23-38(34)47)39-24-13-21-36-35-20-9-12-25-43(35)50(44)45(36)39/h1-29H. The van der Waals surface area contributed by atoms with Crippen molar-refractivity contribution in [1.29, 1.82) is 0 Å². The molecule has 0 N–H and O–H groups in total. The summed E-state index contributed by atoms with van der Waals surface area (Å²) in [5.74, 6) is 0.717. The number of hydrogen-bond donors (Lipinski definition) is 0. The molecule has 0 saturated carbocycles. The van der Waals surface area contributed by atoms with Gasteiger partial charge in [-0.3, -0.25) is 0 Å². The number of hydrogen-bond acceptors (Lipinski definition) is 2. The van der Waals surface area contributed by atoms with E-state index in [1.807, 2.05) is 24.3 Å². The van der Waals surface area contributed by atoms with Gasteiger partial charge in [0, 0.05) is 27.5 Å². The Labute approximate surface area is 289 Å². The van der Waals surface area contributed by atoms with Crippen LogP contribution in [0.2, 0.25) is 0 Å². The lowest BCUT2D eigenvalue weighted by molar-refractivity contribution is 0.749. The van der Waals surface area contributed by atoms with Crippen molar-refractivity contribution in [2.45, 2.75) is 5.41 Å². The van der Waals surface area contributed by atoms with Gasteiger partial charge in [-0.15, -0.1) is 0 Å². The summed E-state index contributed by atoms with van der Waals surface area (Å²) in [6, 6.07) is 63.6. The van der Waals surface area contributed by atoms with E-state index in [-0.39, 0.29) is 0 Å². The highest BCUT2D eigenvalue weighted by atomic mass is 15.0. The van der Waals surface area contributed by atoms with Crippen LogP contribution in [0.5, 0.6) is 0 Å². The van der Waals surface area contributed by atoms with Gasteiger partial charge in [0.25, 0.3) is 0 Å². The van der Waals surface area contributed by atoms with E-state index in [1.165, 1.54) is 60.9 Å².